The Morgan fingerprint density at radius 3 is 2.32 bits per heavy atom. The molecule has 2 aliphatic rings. The van der Waals surface area contributed by atoms with Crippen LogP contribution in [-0.2, 0) is 4.79 Å². The quantitative estimate of drug-likeness (QED) is 0.427. The van der Waals surface area contributed by atoms with Gasteiger partial charge in [0.1, 0.15) is 23.3 Å². The van der Waals surface area contributed by atoms with Gasteiger partial charge in [0.25, 0.3) is 0 Å². The Labute approximate surface area is 207 Å². The number of carboxylic acid groups (broad SMARTS) is 1. The molecule has 0 bridgehead atoms. The van der Waals surface area contributed by atoms with Gasteiger partial charge in [-0.25, -0.2) is 27.9 Å². The maximum Gasteiger partial charge on any atom is 0.490 e. The van der Waals surface area contributed by atoms with Crippen molar-refractivity contribution < 1.29 is 36.2 Å². The summed E-state index contributed by atoms with van der Waals surface area (Å²) in [5.74, 6) is -3.10. The normalized spacial score (nSPS) is 17.2. The molecule has 1 saturated heterocycles. The molecule has 1 atom stereocenters. The summed E-state index contributed by atoms with van der Waals surface area (Å²) in [6.45, 7) is 1.18. The number of aromatic nitrogens is 3. The number of nitrogens with zero attached hydrogens (tertiary/aromatic N) is 4. The maximum atomic E-state index is 15.0. The Balaban J connectivity index is 0.000000405. The highest BCUT2D eigenvalue weighted by Crippen LogP contribution is 2.38. The van der Waals surface area contributed by atoms with Crippen LogP contribution in [0.15, 0.2) is 36.7 Å². The second-order valence-electron chi connectivity index (χ2n) is 8.87. The number of alkyl halides is 4. The zero-order valence-electron chi connectivity index (χ0n) is 19.4. The van der Waals surface area contributed by atoms with Gasteiger partial charge < -0.3 is 15.3 Å². The average molecular weight is 527 g/mol. The lowest BCUT2D eigenvalue weighted by Gasteiger charge is -2.35. The van der Waals surface area contributed by atoms with Crippen LogP contribution in [0.1, 0.15) is 37.4 Å². The zero-order chi connectivity index (χ0) is 26.7. The number of hydrogen-bond donors (Lipinski definition) is 2. The van der Waals surface area contributed by atoms with E-state index in [9.17, 15) is 26.3 Å². The fourth-order valence-corrected chi connectivity index (χ4v) is 4.02. The third-order valence-electron chi connectivity index (χ3n) is 6.12. The minimum atomic E-state index is -5.08. The summed E-state index contributed by atoms with van der Waals surface area (Å²) in [6.07, 6.45) is 0.173. The molecule has 3 heterocycles. The van der Waals surface area contributed by atoms with E-state index in [1.165, 1.54) is 6.07 Å². The minimum Gasteiger partial charge on any atom is -0.475 e. The molecule has 7 nitrogen and oxygen atoms in total. The molecule has 198 valence electrons. The van der Waals surface area contributed by atoms with E-state index < -0.39 is 30.0 Å². The fraction of sp³-hybridized carbons (Fsp3) is 0.417. The summed E-state index contributed by atoms with van der Waals surface area (Å²) in [6, 6.07) is 5.31. The monoisotopic (exact) mass is 527 g/mol. The van der Waals surface area contributed by atoms with Gasteiger partial charge in [0, 0.05) is 37.0 Å². The summed E-state index contributed by atoms with van der Waals surface area (Å²) < 4.78 is 73.9. The van der Waals surface area contributed by atoms with Gasteiger partial charge in [0.05, 0.1) is 11.7 Å². The molecule has 1 saturated carbocycles. The van der Waals surface area contributed by atoms with Crippen LogP contribution in [-0.4, -0.2) is 51.3 Å². The Morgan fingerprint density at radius 1 is 1.05 bits per heavy atom. The lowest BCUT2D eigenvalue weighted by molar-refractivity contribution is -0.192. The zero-order valence-corrected chi connectivity index (χ0v) is 19.4. The summed E-state index contributed by atoms with van der Waals surface area (Å²) >= 11 is 0. The molecule has 0 amide bonds. The third kappa shape index (κ3) is 6.57. The number of aliphatic carboxylic acids is 1. The Hall–Kier alpha value is -3.64. The van der Waals surface area contributed by atoms with E-state index in [0.29, 0.717) is 37.5 Å². The molecule has 1 aliphatic carbocycles. The SMILES string of the molecule is Fc1ccc(C(F)C2CCN(c3nc4cnccc4nc3NC3CC3)CC2)c(F)c1.O=C(O)C(F)(F)F. The number of carbonyl (C=O) groups is 1. The van der Waals surface area contributed by atoms with Gasteiger partial charge in [-0.1, -0.05) is 6.07 Å². The first-order valence-electron chi connectivity index (χ1n) is 11.6. The molecule has 1 aromatic carbocycles. The third-order valence-corrected chi connectivity index (χ3v) is 6.12. The molecular formula is C24H23F6N5O2. The summed E-state index contributed by atoms with van der Waals surface area (Å²) in [5.41, 5.74) is 1.43. The predicted molar refractivity (Wildman–Crippen MR) is 123 cm³/mol. The molecule has 2 aromatic heterocycles. The standard InChI is InChI=1S/C22H22F3N5.C2HF3O2/c23-14-1-4-16(17(24)11-14)20(25)13-6-9-30(10-7-13)22-21(27-15-2-3-15)28-18-5-8-26-12-19(18)29-22;3-2(4,5)1(6)7/h1,4-5,8,11-13,15,20H,2-3,6-7,9-10H2,(H,27,28);(H,6,7). The van der Waals surface area contributed by atoms with Gasteiger partial charge in [-0.15, -0.1) is 0 Å². The highest BCUT2D eigenvalue weighted by molar-refractivity contribution is 5.80. The Kier molecular flexibility index (Phi) is 7.69. The van der Waals surface area contributed by atoms with Crippen LogP contribution in [0.4, 0.5) is 38.0 Å². The second kappa shape index (κ2) is 10.8. The van der Waals surface area contributed by atoms with Crippen LogP contribution in [0.2, 0.25) is 0 Å². The van der Waals surface area contributed by atoms with Crippen LogP contribution < -0.4 is 10.2 Å². The minimum absolute atomic E-state index is 0.0671. The van der Waals surface area contributed by atoms with Gasteiger partial charge in [-0.2, -0.15) is 13.2 Å². The van der Waals surface area contributed by atoms with E-state index in [-0.39, 0.29) is 11.5 Å². The summed E-state index contributed by atoms with van der Waals surface area (Å²) in [7, 11) is 0. The van der Waals surface area contributed by atoms with Gasteiger partial charge >= 0.3 is 12.1 Å². The second-order valence-corrected chi connectivity index (χ2v) is 8.87. The largest absolute Gasteiger partial charge is 0.490 e. The van der Waals surface area contributed by atoms with Crippen LogP contribution in [0.25, 0.3) is 11.0 Å². The van der Waals surface area contributed by atoms with E-state index >= 15 is 0 Å². The molecule has 0 spiro atoms. The van der Waals surface area contributed by atoms with E-state index in [0.717, 1.165) is 42.1 Å². The average Bonchev–Trinajstić information content (AvgIpc) is 3.67. The smallest absolute Gasteiger partial charge is 0.475 e. The number of anilines is 2. The molecule has 3 aromatic rings. The van der Waals surface area contributed by atoms with Gasteiger partial charge in [0.2, 0.25) is 0 Å². The molecule has 13 heteroatoms. The summed E-state index contributed by atoms with van der Waals surface area (Å²) in [4.78, 5) is 24.6. The van der Waals surface area contributed by atoms with E-state index in [1.807, 2.05) is 6.07 Å². The van der Waals surface area contributed by atoms with Crippen molar-refractivity contribution in [2.75, 3.05) is 23.3 Å². The van der Waals surface area contributed by atoms with Crippen LogP contribution in [0.5, 0.6) is 0 Å². The van der Waals surface area contributed by atoms with Crippen molar-refractivity contribution in [2.45, 2.75) is 44.1 Å². The van der Waals surface area contributed by atoms with Crippen molar-refractivity contribution >= 4 is 28.6 Å². The molecule has 1 aliphatic heterocycles. The molecule has 1 unspecified atom stereocenters. The lowest BCUT2D eigenvalue weighted by atomic mass is 9.88. The van der Waals surface area contributed by atoms with Crippen molar-refractivity contribution in [1.82, 2.24) is 15.0 Å². The number of benzene rings is 1. The molecule has 2 fully saturated rings. The number of halogens is 6. The van der Waals surface area contributed by atoms with Crippen molar-refractivity contribution in [3.8, 4) is 0 Å². The first-order chi connectivity index (χ1) is 17.5. The number of piperidine rings is 1. The highest BCUT2D eigenvalue weighted by atomic mass is 19.4. The van der Waals surface area contributed by atoms with E-state index in [1.54, 1.807) is 12.4 Å². The first-order valence-corrected chi connectivity index (χ1v) is 11.6. The molecule has 5 rings (SSSR count). The summed E-state index contributed by atoms with van der Waals surface area (Å²) in [5, 5.41) is 10.6. The number of nitrogens with one attached hydrogen (secondary N) is 1. The molecule has 37 heavy (non-hydrogen) atoms. The number of carboxylic acids is 1. The van der Waals surface area contributed by atoms with E-state index in [4.69, 9.17) is 19.9 Å². The van der Waals surface area contributed by atoms with E-state index in [2.05, 4.69) is 15.2 Å². The van der Waals surface area contributed by atoms with Crippen molar-refractivity contribution in [2.24, 2.45) is 5.92 Å². The molecular weight excluding hydrogens is 504 g/mol. The highest BCUT2D eigenvalue weighted by Gasteiger charge is 2.38. The number of rotatable bonds is 5. The van der Waals surface area contributed by atoms with Crippen molar-refractivity contribution in [1.29, 1.82) is 0 Å². The van der Waals surface area contributed by atoms with Crippen molar-refractivity contribution in [3.05, 3.63) is 53.9 Å². The topological polar surface area (TPSA) is 91.2 Å². The number of pyridine rings is 1. The Bertz CT molecular complexity index is 1260. The van der Waals surface area contributed by atoms with Crippen molar-refractivity contribution in [3.63, 3.8) is 0 Å². The van der Waals surface area contributed by atoms with Crippen LogP contribution in [0.3, 0.4) is 0 Å². The fourth-order valence-electron chi connectivity index (χ4n) is 4.02. The van der Waals surface area contributed by atoms with Crippen LogP contribution in [0, 0.1) is 17.6 Å². The molecule has 0 radical (unpaired) electrons. The predicted octanol–water partition coefficient (Wildman–Crippen LogP) is 5.44. The number of fused-ring (bicyclic) bond motifs is 1. The van der Waals surface area contributed by atoms with Gasteiger partial charge in [-0.3, -0.25) is 4.98 Å². The Morgan fingerprint density at radius 2 is 1.73 bits per heavy atom. The maximum absolute atomic E-state index is 15.0. The number of hydrogen-bond acceptors (Lipinski definition) is 6. The lowest BCUT2D eigenvalue weighted by Crippen LogP contribution is -2.36. The van der Waals surface area contributed by atoms with Gasteiger partial charge in [-0.05, 0) is 43.7 Å². The van der Waals surface area contributed by atoms with Crippen LogP contribution >= 0.6 is 0 Å². The first kappa shape index (κ1) is 26.4. The molecule has 2 N–H and O–H groups in total. The van der Waals surface area contributed by atoms with Gasteiger partial charge in [0.15, 0.2) is 11.6 Å².